The van der Waals surface area contributed by atoms with Gasteiger partial charge in [-0.3, -0.25) is 4.79 Å². The summed E-state index contributed by atoms with van der Waals surface area (Å²) in [5.41, 5.74) is 6.17. The molecule has 4 heteroatoms. The van der Waals surface area contributed by atoms with E-state index in [0.29, 0.717) is 6.61 Å². The number of anilines is 1. The second-order valence-corrected chi connectivity index (χ2v) is 4.77. The molecule has 0 atom stereocenters. The molecule has 1 aromatic rings. The summed E-state index contributed by atoms with van der Waals surface area (Å²) in [4.78, 5) is 12.1. The molecule has 0 spiro atoms. The third kappa shape index (κ3) is 2.82. The summed E-state index contributed by atoms with van der Waals surface area (Å²) in [5.74, 6) is 0.725. The number of nitrogens with two attached hydrogens (primary N) is 1. The molecular weight excluding hydrogens is 228 g/mol. The Kier molecular flexibility index (Phi) is 3.87. The number of amides is 1. The first-order valence-electron chi connectivity index (χ1n) is 6.47. The van der Waals surface area contributed by atoms with Crippen molar-refractivity contribution in [2.45, 2.75) is 38.1 Å². The lowest BCUT2D eigenvalue weighted by Gasteiger charge is -2.22. The number of ether oxygens (including phenoxy) is 1. The Balaban J connectivity index is 1.98. The molecule has 0 aliphatic heterocycles. The average Bonchev–Trinajstić information content (AvgIpc) is 2.80. The van der Waals surface area contributed by atoms with Gasteiger partial charge in [0.2, 0.25) is 5.91 Å². The van der Waals surface area contributed by atoms with Gasteiger partial charge in [-0.2, -0.15) is 0 Å². The standard InChI is InChI=1S/C14H20N2O2/c1-2-18-12-7-5-11(6-8-12)16-13(17)14(15)9-3-4-10-14/h5-8H,2-4,9-10,15H2,1H3,(H,16,17). The van der Waals surface area contributed by atoms with Crippen LogP contribution in [0.5, 0.6) is 5.75 Å². The zero-order valence-electron chi connectivity index (χ0n) is 10.7. The predicted octanol–water partition coefficient (Wildman–Crippen LogP) is 2.30. The van der Waals surface area contributed by atoms with Crippen LogP contribution in [0.4, 0.5) is 5.69 Å². The van der Waals surface area contributed by atoms with Gasteiger partial charge in [0.05, 0.1) is 12.1 Å². The van der Waals surface area contributed by atoms with Crippen LogP contribution in [0.2, 0.25) is 0 Å². The highest BCUT2D eigenvalue weighted by atomic mass is 16.5. The van der Waals surface area contributed by atoms with Crippen LogP contribution in [0.1, 0.15) is 32.6 Å². The number of hydrogen-bond donors (Lipinski definition) is 2. The summed E-state index contributed by atoms with van der Waals surface area (Å²) in [6, 6.07) is 7.36. The van der Waals surface area contributed by atoms with Gasteiger partial charge in [0, 0.05) is 5.69 Å². The molecule has 1 saturated carbocycles. The van der Waals surface area contributed by atoms with E-state index in [-0.39, 0.29) is 5.91 Å². The zero-order chi connectivity index (χ0) is 13.0. The summed E-state index contributed by atoms with van der Waals surface area (Å²) < 4.78 is 5.35. The zero-order valence-corrected chi connectivity index (χ0v) is 10.7. The van der Waals surface area contributed by atoms with Gasteiger partial charge >= 0.3 is 0 Å². The smallest absolute Gasteiger partial charge is 0.244 e. The lowest BCUT2D eigenvalue weighted by atomic mass is 9.98. The summed E-state index contributed by atoms with van der Waals surface area (Å²) >= 11 is 0. The van der Waals surface area contributed by atoms with E-state index in [4.69, 9.17) is 10.5 Å². The highest BCUT2D eigenvalue weighted by molar-refractivity contribution is 5.98. The van der Waals surface area contributed by atoms with E-state index in [1.807, 2.05) is 31.2 Å². The Hall–Kier alpha value is -1.55. The van der Waals surface area contributed by atoms with Gasteiger partial charge in [0.25, 0.3) is 0 Å². The molecular formula is C14H20N2O2. The van der Waals surface area contributed by atoms with Crippen LogP contribution in [0, 0.1) is 0 Å². The van der Waals surface area contributed by atoms with Crippen LogP contribution in [-0.2, 0) is 4.79 Å². The first kappa shape index (κ1) is 12.9. The van der Waals surface area contributed by atoms with Crippen molar-refractivity contribution >= 4 is 11.6 Å². The minimum absolute atomic E-state index is 0.0795. The van der Waals surface area contributed by atoms with Crippen molar-refractivity contribution in [2.75, 3.05) is 11.9 Å². The van der Waals surface area contributed by atoms with E-state index in [0.717, 1.165) is 37.1 Å². The Bertz CT molecular complexity index is 408. The van der Waals surface area contributed by atoms with Crippen molar-refractivity contribution in [1.29, 1.82) is 0 Å². The van der Waals surface area contributed by atoms with E-state index in [2.05, 4.69) is 5.32 Å². The highest BCUT2D eigenvalue weighted by Crippen LogP contribution is 2.28. The number of carbonyl (C=O) groups is 1. The maximum absolute atomic E-state index is 12.1. The quantitative estimate of drug-likeness (QED) is 0.859. The molecule has 1 aliphatic carbocycles. The molecule has 0 unspecified atom stereocenters. The molecule has 0 heterocycles. The van der Waals surface area contributed by atoms with Crippen LogP contribution in [-0.4, -0.2) is 18.1 Å². The SMILES string of the molecule is CCOc1ccc(NC(=O)C2(N)CCCC2)cc1. The van der Waals surface area contributed by atoms with Crippen molar-refractivity contribution in [2.24, 2.45) is 5.73 Å². The number of carbonyl (C=O) groups excluding carboxylic acids is 1. The van der Waals surface area contributed by atoms with E-state index in [9.17, 15) is 4.79 Å². The largest absolute Gasteiger partial charge is 0.494 e. The van der Waals surface area contributed by atoms with Crippen molar-refractivity contribution in [3.05, 3.63) is 24.3 Å². The van der Waals surface area contributed by atoms with Gasteiger partial charge in [-0.25, -0.2) is 0 Å². The van der Waals surface area contributed by atoms with Gasteiger partial charge in [-0.1, -0.05) is 12.8 Å². The Labute approximate surface area is 108 Å². The summed E-state index contributed by atoms with van der Waals surface area (Å²) in [5, 5.41) is 2.87. The molecule has 0 saturated heterocycles. The monoisotopic (exact) mass is 248 g/mol. The van der Waals surface area contributed by atoms with Crippen LogP contribution >= 0.6 is 0 Å². The average molecular weight is 248 g/mol. The molecule has 18 heavy (non-hydrogen) atoms. The van der Waals surface area contributed by atoms with Crippen molar-refractivity contribution in [3.63, 3.8) is 0 Å². The summed E-state index contributed by atoms with van der Waals surface area (Å²) in [7, 11) is 0. The molecule has 4 nitrogen and oxygen atoms in total. The number of hydrogen-bond acceptors (Lipinski definition) is 3. The molecule has 1 fully saturated rings. The second kappa shape index (κ2) is 5.40. The summed E-state index contributed by atoms with van der Waals surface area (Å²) in [6.07, 6.45) is 3.62. The van der Waals surface area contributed by atoms with Gasteiger partial charge < -0.3 is 15.8 Å². The van der Waals surface area contributed by atoms with Crippen LogP contribution in [0.25, 0.3) is 0 Å². The third-order valence-corrected chi connectivity index (χ3v) is 3.37. The summed E-state index contributed by atoms with van der Waals surface area (Å²) in [6.45, 7) is 2.57. The molecule has 1 amide bonds. The van der Waals surface area contributed by atoms with Crippen molar-refractivity contribution < 1.29 is 9.53 Å². The van der Waals surface area contributed by atoms with E-state index in [1.54, 1.807) is 0 Å². The molecule has 0 radical (unpaired) electrons. The van der Waals surface area contributed by atoms with Gasteiger partial charge in [-0.05, 0) is 44.0 Å². The van der Waals surface area contributed by atoms with E-state index in [1.165, 1.54) is 0 Å². The van der Waals surface area contributed by atoms with Gasteiger partial charge in [0.15, 0.2) is 0 Å². The first-order chi connectivity index (χ1) is 8.64. The number of nitrogens with one attached hydrogen (secondary N) is 1. The molecule has 3 N–H and O–H groups in total. The van der Waals surface area contributed by atoms with Crippen LogP contribution in [0.3, 0.4) is 0 Å². The molecule has 2 rings (SSSR count). The molecule has 0 aromatic heterocycles. The Morgan fingerprint density at radius 3 is 2.50 bits per heavy atom. The molecule has 0 bridgehead atoms. The first-order valence-corrected chi connectivity index (χ1v) is 6.47. The van der Waals surface area contributed by atoms with Gasteiger partial charge in [-0.15, -0.1) is 0 Å². The lowest BCUT2D eigenvalue weighted by molar-refractivity contribution is -0.121. The van der Waals surface area contributed by atoms with Crippen LogP contribution < -0.4 is 15.8 Å². The third-order valence-electron chi connectivity index (χ3n) is 3.37. The second-order valence-electron chi connectivity index (χ2n) is 4.77. The maximum Gasteiger partial charge on any atom is 0.244 e. The highest BCUT2D eigenvalue weighted by Gasteiger charge is 2.36. The van der Waals surface area contributed by atoms with Crippen molar-refractivity contribution in [3.8, 4) is 5.75 Å². The minimum Gasteiger partial charge on any atom is -0.494 e. The number of benzene rings is 1. The molecule has 1 aromatic carbocycles. The maximum atomic E-state index is 12.1. The fourth-order valence-electron chi connectivity index (χ4n) is 2.29. The normalized spacial score (nSPS) is 17.4. The van der Waals surface area contributed by atoms with E-state index >= 15 is 0 Å². The van der Waals surface area contributed by atoms with Gasteiger partial charge in [0.1, 0.15) is 5.75 Å². The van der Waals surface area contributed by atoms with E-state index < -0.39 is 5.54 Å². The fraction of sp³-hybridized carbons (Fsp3) is 0.500. The minimum atomic E-state index is -0.682. The predicted molar refractivity (Wildman–Crippen MR) is 71.6 cm³/mol. The molecule has 1 aliphatic rings. The van der Waals surface area contributed by atoms with Crippen molar-refractivity contribution in [1.82, 2.24) is 0 Å². The molecule has 98 valence electrons. The Morgan fingerprint density at radius 2 is 1.94 bits per heavy atom. The lowest BCUT2D eigenvalue weighted by Crippen LogP contribution is -2.48. The fourth-order valence-corrected chi connectivity index (χ4v) is 2.29. The van der Waals surface area contributed by atoms with Crippen LogP contribution in [0.15, 0.2) is 24.3 Å². The Morgan fingerprint density at radius 1 is 1.33 bits per heavy atom. The topological polar surface area (TPSA) is 64.3 Å². The number of rotatable bonds is 4.